The molecule has 0 bridgehead atoms. The van der Waals surface area contributed by atoms with Crippen LogP contribution >= 0.6 is 0 Å². The second kappa shape index (κ2) is 9.48. The molecule has 3 aliphatic rings. The number of aromatic nitrogens is 2. The number of aliphatic hydroxyl groups is 1. The molecular formula is C25H38N4O3. The molecular weight excluding hydrogens is 404 g/mol. The Balaban J connectivity index is 1.41. The molecule has 1 saturated carbocycles. The van der Waals surface area contributed by atoms with E-state index in [9.17, 15) is 9.90 Å². The maximum absolute atomic E-state index is 11.8. The summed E-state index contributed by atoms with van der Waals surface area (Å²) in [6, 6.07) is 1.85. The van der Waals surface area contributed by atoms with E-state index in [4.69, 9.17) is 4.74 Å². The number of fused-ring (bicyclic) bond motifs is 1. The third-order valence-corrected chi connectivity index (χ3v) is 8.08. The quantitative estimate of drug-likeness (QED) is 0.555. The first-order valence-corrected chi connectivity index (χ1v) is 12.1. The van der Waals surface area contributed by atoms with Gasteiger partial charge in [-0.05, 0) is 49.2 Å². The van der Waals surface area contributed by atoms with Crippen LogP contribution in [0.1, 0.15) is 47.0 Å². The van der Waals surface area contributed by atoms with Crippen molar-refractivity contribution >= 4 is 11.9 Å². The SMILES string of the molecule is CC(=O)O[C@@H]1C[C@@]2(O)[C@H](C)CC[C@@H](C(C)CN3CCN(c4ncccn4)CC3)[C@H]2C=C1C. The van der Waals surface area contributed by atoms with Crippen molar-refractivity contribution in [2.24, 2.45) is 23.7 Å². The molecule has 0 aromatic carbocycles. The summed E-state index contributed by atoms with van der Waals surface area (Å²) in [5.74, 6) is 1.77. The molecule has 1 aliphatic heterocycles. The largest absolute Gasteiger partial charge is 0.458 e. The van der Waals surface area contributed by atoms with Gasteiger partial charge in [0.1, 0.15) is 6.10 Å². The lowest BCUT2D eigenvalue weighted by Gasteiger charge is -2.53. The first-order chi connectivity index (χ1) is 15.3. The van der Waals surface area contributed by atoms with Gasteiger partial charge in [-0.15, -0.1) is 0 Å². The molecule has 1 saturated heterocycles. The van der Waals surface area contributed by atoms with E-state index in [1.54, 1.807) is 12.4 Å². The number of rotatable bonds is 5. The maximum atomic E-state index is 11.8. The van der Waals surface area contributed by atoms with Crippen molar-refractivity contribution in [1.29, 1.82) is 0 Å². The summed E-state index contributed by atoms with van der Waals surface area (Å²) < 4.78 is 5.54. The number of carbonyl (C=O) groups is 1. The predicted octanol–water partition coefficient (Wildman–Crippen LogP) is 2.91. The van der Waals surface area contributed by atoms with E-state index in [0.29, 0.717) is 18.3 Å². The van der Waals surface area contributed by atoms with E-state index >= 15 is 0 Å². The molecule has 2 heterocycles. The summed E-state index contributed by atoms with van der Waals surface area (Å²) in [6.45, 7) is 12.9. The Morgan fingerprint density at radius 1 is 1.25 bits per heavy atom. The fourth-order valence-corrected chi connectivity index (χ4v) is 6.13. The number of carbonyl (C=O) groups excluding carboxylic acids is 1. The van der Waals surface area contributed by atoms with Gasteiger partial charge in [0.2, 0.25) is 5.95 Å². The van der Waals surface area contributed by atoms with Crippen molar-refractivity contribution in [3.8, 4) is 0 Å². The number of nitrogens with zero attached hydrogens (tertiary/aromatic N) is 4. The zero-order valence-electron chi connectivity index (χ0n) is 19.9. The molecule has 1 aromatic rings. The average Bonchev–Trinajstić information content (AvgIpc) is 2.77. The topological polar surface area (TPSA) is 78.8 Å². The Morgan fingerprint density at radius 2 is 1.94 bits per heavy atom. The maximum Gasteiger partial charge on any atom is 0.303 e. The standard InChI is InChI=1S/C25H38N4O3/c1-17-14-22-21(7-6-19(3)25(22,31)15-23(17)32-20(4)30)18(2)16-28-10-12-29(13-11-28)24-26-8-5-9-27-24/h5,8-9,14,18-19,21-23,31H,6-7,10-13,15-16H2,1-4H3/t18?,19-,21+,22-,23-,25-/m1/s1. The van der Waals surface area contributed by atoms with Gasteiger partial charge < -0.3 is 14.7 Å². The van der Waals surface area contributed by atoms with Crippen molar-refractivity contribution in [2.75, 3.05) is 37.6 Å². The van der Waals surface area contributed by atoms with E-state index in [1.807, 2.05) is 13.0 Å². The van der Waals surface area contributed by atoms with Gasteiger partial charge in [-0.3, -0.25) is 9.69 Å². The van der Waals surface area contributed by atoms with Crippen LogP contribution < -0.4 is 4.90 Å². The lowest BCUT2D eigenvalue weighted by atomic mass is 9.57. The van der Waals surface area contributed by atoms with Crippen LogP contribution in [0.15, 0.2) is 30.1 Å². The number of hydrogen-bond acceptors (Lipinski definition) is 7. The highest BCUT2D eigenvalue weighted by Crippen LogP contribution is 2.51. The number of ether oxygens (including phenoxy) is 1. The highest BCUT2D eigenvalue weighted by molar-refractivity contribution is 5.66. The third kappa shape index (κ3) is 4.69. The molecule has 6 atom stereocenters. The first-order valence-electron chi connectivity index (χ1n) is 12.1. The number of hydrogen-bond donors (Lipinski definition) is 1. The number of anilines is 1. The molecule has 32 heavy (non-hydrogen) atoms. The van der Waals surface area contributed by atoms with Crippen LogP contribution in [0.25, 0.3) is 0 Å². The van der Waals surface area contributed by atoms with Crippen molar-refractivity contribution in [3.05, 3.63) is 30.1 Å². The molecule has 1 aromatic heterocycles. The fourth-order valence-electron chi connectivity index (χ4n) is 6.13. The molecule has 7 heteroatoms. The van der Waals surface area contributed by atoms with Gasteiger partial charge in [0.15, 0.2) is 0 Å². The highest BCUT2D eigenvalue weighted by Gasteiger charge is 2.52. The predicted molar refractivity (Wildman–Crippen MR) is 124 cm³/mol. The molecule has 2 aliphatic carbocycles. The van der Waals surface area contributed by atoms with E-state index < -0.39 is 5.60 Å². The smallest absolute Gasteiger partial charge is 0.303 e. The Labute approximate surface area is 191 Å². The van der Waals surface area contributed by atoms with Crippen molar-refractivity contribution in [1.82, 2.24) is 14.9 Å². The highest BCUT2D eigenvalue weighted by atomic mass is 16.5. The average molecular weight is 443 g/mol. The van der Waals surface area contributed by atoms with Gasteiger partial charge in [-0.25, -0.2) is 9.97 Å². The molecule has 0 spiro atoms. The Kier molecular flexibility index (Phi) is 6.86. The van der Waals surface area contributed by atoms with Crippen LogP contribution in [-0.2, 0) is 9.53 Å². The van der Waals surface area contributed by atoms with Crippen LogP contribution in [0.3, 0.4) is 0 Å². The summed E-state index contributed by atoms with van der Waals surface area (Å²) in [4.78, 5) is 25.1. The Hall–Kier alpha value is -1.99. The molecule has 4 rings (SSSR count). The van der Waals surface area contributed by atoms with Gasteiger partial charge in [0.25, 0.3) is 0 Å². The lowest BCUT2D eigenvalue weighted by Crippen LogP contribution is -2.56. The second-order valence-corrected chi connectivity index (χ2v) is 10.2. The lowest BCUT2D eigenvalue weighted by molar-refractivity contribution is -0.159. The van der Waals surface area contributed by atoms with Gasteiger partial charge >= 0.3 is 5.97 Å². The normalized spacial score (nSPS) is 34.4. The summed E-state index contributed by atoms with van der Waals surface area (Å²) in [5.41, 5.74) is 0.276. The van der Waals surface area contributed by atoms with Crippen LogP contribution in [0, 0.1) is 23.7 Å². The molecule has 1 N–H and O–H groups in total. The first kappa shape index (κ1) is 23.2. The summed E-state index contributed by atoms with van der Waals surface area (Å²) in [7, 11) is 0. The molecule has 0 radical (unpaired) electrons. The minimum atomic E-state index is -0.805. The molecule has 7 nitrogen and oxygen atoms in total. The fraction of sp³-hybridized carbons (Fsp3) is 0.720. The van der Waals surface area contributed by atoms with Gasteiger partial charge in [0.05, 0.1) is 5.60 Å². The summed E-state index contributed by atoms with van der Waals surface area (Å²) >= 11 is 0. The van der Waals surface area contributed by atoms with Gasteiger partial charge in [-0.2, -0.15) is 0 Å². The summed E-state index contributed by atoms with van der Waals surface area (Å²) in [6.07, 6.45) is 8.17. The number of piperazine rings is 1. The van der Waals surface area contributed by atoms with Crippen molar-refractivity contribution < 1.29 is 14.6 Å². The van der Waals surface area contributed by atoms with Gasteiger partial charge in [-0.1, -0.05) is 19.9 Å². The van der Waals surface area contributed by atoms with Crippen LogP contribution in [0.5, 0.6) is 0 Å². The monoisotopic (exact) mass is 442 g/mol. The van der Waals surface area contributed by atoms with E-state index in [1.165, 1.54) is 6.92 Å². The van der Waals surface area contributed by atoms with Crippen LogP contribution in [0.2, 0.25) is 0 Å². The van der Waals surface area contributed by atoms with Gasteiger partial charge in [0, 0.05) is 64.4 Å². The zero-order chi connectivity index (χ0) is 22.9. The third-order valence-electron chi connectivity index (χ3n) is 8.08. The van der Waals surface area contributed by atoms with E-state index in [-0.39, 0.29) is 23.9 Å². The Bertz CT molecular complexity index is 824. The zero-order valence-corrected chi connectivity index (χ0v) is 19.9. The van der Waals surface area contributed by atoms with E-state index in [0.717, 1.165) is 57.1 Å². The number of esters is 1. The van der Waals surface area contributed by atoms with Crippen LogP contribution in [0.4, 0.5) is 5.95 Å². The minimum absolute atomic E-state index is 0.118. The van der Waals surface area contributed by atoms with Crippen molar-refractivity contribution in [2.45, 2.75) is 58.7 Å². The molecule has 2 fully saturated rings. The minimum Gasteiger partial charge on any atom is -0.458 e. The molecule has 176 valence electrons. The second-order valence-electron chi connectivity index (χ2n) is 10.2. The van der Waals surface area contributed by atoms with Crippen molar-refractivity contribution in [3.63, 3.8) is 0 Å². The van der Waals surface area contributed by atoms with Crippen LogP contribution in [-0.4, -0.2) is 70.4 Å². The van der Waals surface area contributed by atoms with E-state index in [2.05, 4.69) is 39.7 Å². The molecule has 0 amide bonds. The summed E-state index contributed by atoms with van der Waals surface area (Å²) in [5, 5.41) is 11.8. The molecule has 1 unspecified atom stereocenters. The Morgan fingerprint density at radius 3 is 2.59 bits per heavy atom.